The van der Waals surface area contributed by atoms with Gasteiger partial charge in [0.2, 0.25) is 0 Å². The minimum absolute atomic E-state index is 0.265. The van der Waals surface area contributed by atoms with Crippen LogP contribution in [0.2, 0.25) is 0 Å². The number of nitrogens with zero attached hydrogens (tertiary/aromatic N) is 3. The van der Waals surface area contributed by atoms with E-state index in [-0.39, 0.29) is 5.41 Å². The fourth-order valence-corrected chi connectivity index (χ4v) is 5.00. The van der Waals surface area contributed by atoms with Crippen molar-refractivity contribution < 1.29 is 4.74 Å². The number of likely N-dealkylation sites (tertiary alicyclic amines) is 1. The molecule has 2 aliphatic rings. The number of piperidine rings is 1. The quantitative estimate of drug-likeness (QED) is 0.840. The third-order valence-electron chi connectivity index (χ3n) is 5.33. The van der Waals surface area contributed by atoms with Crippen LogP contribution >= 0.6 is 11.3 Å². The van der Waals surface area contributed by atoms with Crippen LogP contribution in [0.5, 0.6) is 0 Å². The van der Waals surface area contributed by atoms with Crippen LogP contribution in [0.25, 0.3) is 0 Å². The zero-order valence-corrected chi connectivity index (χ0v) is 15.6. The van der Waals surface area contributed by atoms with E-state index in [4.69, 9.17) is 4.74 Å². The molecule has 2 fully saturated rings. The Morgan fingerprint density at radius 3 is 2.80 bits per heavy atom. The van der Waals surface area contributed by atoms with Gasteiger partial charge in [0, 0.05) is 49.2 Å². The van der Waals surface area contributed by atoms with Gasteiger partial charge in [-0.3, -0.25) is 14.8 Å². The number of thiophene rings is 1. The highest BCUT2D eigenvalue weighted by Gasteiger charge is 2.38. The van der Waals surface area contributed by atoms with Gasteiger partial charge in [-0.15, -0.1) is 11.3 Å². The highest BCUT2D eigenvalue weighted by atomic mass is 32.1. The van der Waals surface area contributed by atoms with Crippen molar-refractivity contribution in [3.05, 3.63) is 52.5 Å². The molecule has 0 amide bonds. The van der Waals surface area contributed by atoms with Crippen molar-refractivity contribution in [2.24, 2.45) is 5.41 Å². The average Bonchev–Trinajstić information content (AvgIpc) is 3.05. The Morgan fingerprint density at radius 1 is 1.08 bits per heavy atom. The monoisotopic (exact) mass is 357 g/mol. The fraction of sp³-hybridized carbons (Fsp3) is 0.550. The van der Waals surface area contributed by atoms with Gasteiger partial charge in [0.05, 0.1) is 18.9 Å². The van der Waals surface area contributed by atoms with E-state index in [1.54, 1.807) is 0 Å². The molecule has 4 heterocycles. The van der Waals surface area contributed by atoms with E-state index in [9.17, 15) is 0 Å². The smallest absolute Gasteiger partial charge is 0.0593 e. The lowest BCUT2D eigenvalue weighted by Gasteiger charge is -2.43. The molecule has 2 aromatic rings. The first-order valence-electron chi connectivity index (χ1n) is 9.26. The largest absolute Gasteiger partial charge is 0.379 e. The van der Waals surface area contributed by atoms with Gasteiger partial charge in [0.1, 0.15) is 0 Å². The van der Waals surface area contributed by atoms with Crippen molar-refractivity contribution in [3.63, 3.8) is 0 Å². The molecule has 4 rings (SSSR count). The lowest BCUT2D eigenvalue weighted by molar-refractivity contribution is 0.00272. The summed E-state index contributed by atoms with van der Waals surface area (Å²) in [5.41, 5.74) is 1.42. The van der Waals surface area contributed by atoms with Gasteiger partial charge < -0.3 is 4.74 Å². The molecule has 0 saturated carbocycles. The predicted molar refractivity (Wildman–Crippen MR) is 102 cm³/mol. The number of aromatic nitrogens is 1. The molecule has 2 aromatic heterocycles. The molecular weight excluding hydrogens is 330 g/mol. The second kappa shape index (κ2) is 7.96. The highest BCUT2D eigenvalue weighted by molar-refractivity contribution is 7.09. The molecule has 0 bridgehead atoms. The SMILES string of the molecule is c1ccc(CN2CCOC[C@]3(CCCN(Cc4cccs4)C3)C2)nc1. The molecule has 0 aliphatic carbocycles. The lowest BCUT2D eigenvalue weighted by Crippen LogP contribution is -2.50. The molecule has 0 radical (unpaired) electrons. The van der Waals surface area contributed by atoms with Crippen molar-refractivity contribution in [2.75, 3.05) is 39.4 Å². The molecule has 25 heavy (non-hydrogen) atoms. The van der Waals surface area contributed by atoms with E-state index in [1.807, 2.05) is 23.6 Å². The first kappa shape index (κ1) is 17.2. The maximum Gasteiger partial charge on any atom is 0.0593 e. The molecule has 2 saturated heterocycles. The summed E-state index contributed by atoms with van der Waals surface area (Å²) in [5.74, 6) is 0. The number of hydrogen-bond donors (Lipinski definition) is 0. The van der Waals surface area contributed by atoms with Gasteiger partial charge in [-0.1, -0.05) is 12.1 Å². The van der Waals surface area contributed by atoms with Crippen molar-refractivity contribution in [2.45, 2.75) is 25.9 Å². The fourth-order valence-electron chi connectivity index (χ4n) is 4.25. The van der Waals surface area contributed by atoms with Crippen LogP contribution in [-0.4, -0.2) is 54.2 Å². The normalized spacial score (nSPS) is 25.9. The average molecular weight is 358 g/mol. The van der Waals surface area contributed by atoms with Crippen molar-refractivity contribution >= 4 is 11.3 Å². The van der Waals surface area contributed by atoms with Crippen LogP contribution in [0.1, 0.15) is 23.4 Å². The van der Waals surface area contributed by atoms with Crippen LogP contribution in [0.15, 0.2) is 41.9 Å². The Hall–Kier alpha value is -1.27. The second-order valence-corrected chi connectivity index (χ2v) is 8.51. The highest BCUT2D eigenvalue weighted by Crippen LogP contribution is 2.34. The van der Waals surface area contributed by atoms with Gasteiger partial charge in [-0.2, -0.15) is 0 Å². The number of ether oxygens (including phenoxy) is 1. The molecule has 0 aromatic carbocycles. The molecule has 0 unspecified atom stereocenters. The summed E-state index contributed by atoms with van der Waals surface area (Å²) in [6, 6.07) is 10.6. The lowest BCUT2D eigenvalue weighted by atomic mass is 9.80. The van der Waals surface area contributed by atoms with Crippen molar-refractivity contribution in [1.82, 2.24) is 14.8 Å². The predicted octanol–water partition coefficient (Wildman–Crippen LogP) is 3.26. The minimum Gasteiger partial charge on any atom is -0.379 e. The van der Waals surface area contributed by atoms with Crippen LogP contribution in [0, 0.1) is 5.41 Å². The number of pyridine rings is 1. The third kappa shape index (κ3) is 4.47. The zero-order chi connectivity index (χ0) is 17.0. The Labute approximate surface area is 154 Å². The second-order valence-electron chi connectivity index (χ2n) is 7.48. The topological polar surface area (TPSA) is 28.6 Å². The molecule has 2 aliphatic heterocycles. The minimum atomic E-state index is 0.265. The summed E-state index contributed by atoms with van der Waals surface area (Å²) in [5, 5.41) is 2.18. The summed E-state index contributed by atoms with van der Waals surface area (Å²) < 4.78 is 6.05. The Bertz CT molecular complexity index is 648. The van der Waals surface area contributed by atoms with Crippen LogP contribution in [-0.2, 0) is 17.8 Å². The van der Waals surface area contributed by atoms with Crippen LogP contribution in [0.4, 0.5) is 0 Å². The first-order chi connectivity index (χ1) is 12.3. The molecule has 134 valence electrons. The van der Waals surface area contributed by atoms with Crippen LogP contribution in [0.3, 0.4) is 0 Å². The first-order valence-corrected chi connectivity index (χ1v) is 10.1. The van der Waals surface area contributed by atoms with E-state index in [0.717, 1.165) is 51.6 Å². The van der Waals surface area contributed by atoms with Crippen LogP contribution < -0.4 is 0 Å². The van der Waals surface area contributed by atoms with Gasteiger partial charge >= 0.3 is 0 Å². The van der Waals surface area contributed by atoms with Gasteiger partial charge in [-0.25, -0.2) is 0 Å². The maximum absolute atomic E-state index is 6.05. The summed E-state index contributed by atoms with van der Waals surface area (Å²) in [6.45, 7) is 8.21. The molecule has 1 atom stereocenters. The summed E-state index contributed by atoms with van der Waals surface area (Å²) in [7, 11) is 0. The third-order valence-corrected chi connectivity index (χ3v) is 6.19. The summed E-state index contributed by atoms with van der Waals surface area (Å²) in [6.07, 6.45) is 4.43. The molecule has 5 heteroatoms. The van der Waals surface area contributed by atoms with E-state index in [1.165, 1.54) is 24.3 Å². The van der Waals surface area contributed by atoms with Crippen molar-refractivity contribution in [3.8, 4) is 0 Å². The molecular formula is C20H27N3OS. The maximum atomic E-state index is 6.05. The number of hydrogen-bond acceptors (Lipinski definition) is 5. The Balaban J connectivity index is 1.43. The molecule has 0 N–H and O–H groups in total. The van der Waals surface area contributed by atoms with Gasteiger partial charge in [-0.05, 0) is 43.0 Å². The van der Waals surface area contributed by atoms with E-state index >= 15 is 0 Å². The summed E-state index contributed by atoms with van der Waals surface area (Å²) in [4.78, 5) is 11.2. The van der Waals surface area contributed by atoms with E-state index in [0.29, 0.717) is 0 Å². The Morgan fingerprint density at radius 2 is 2.00 bits per heavy atom. The van der Waals surface area contributed by atoms with E-state index in [2.05, 4.69) is 44.4 Å². The van der Waals surface area contributed by atoms with Crippen molar-refractivity contribution in [1.29, 1.82) is 0 Å². The van der Waals surface area contributed by atoms with Gasteiger partial charge in [0.25, 0.3) is 0 Å². The Kier molecular flexibility index (Phi) is 5.46. The zero-order valence-electron chi connectivity index (χ0n) is 14.8. The summed E-state index contributed by atoms with van der Waals surface area (Å²) >= 11 is 1.87. The molecule has 1 spiro atoms. The van der Waals surface area contributed by atoms with Gasteiger partial charge in [0.15, 0.2) is 0 Å². The number of rotatable bonds is 4. The van der Waals surface area contributed by atoms with E-state index < -0.39 is 0 Å². The standard InChI is InChI=1S/C20H27N3OS/c1-2-8-21-18(5-1)13-23-10-11-24-17-20(16-23)7-4-9-22(15-20)14-19-6-3-12-25-19/h1-3,5-6,8,12H,4,7,9-11,13-17H2/t20-/m0/s1. The molecule has 4 nitrogen and oxygen atoms in total.